The van der Waals surface area contributed by atoms with Gasteiger partial charge in [0, 0.05) is 35.5 Å². The normalized spacial score (nSPS) is 12.3. The predicted molar refractivity (Wildman–Crippen MR) is 193 cm³/mol. The molecule has 1 aliphatic rings. The lowest BCUT2D eigenvalue weighted by atomic mass is 10.1. The van der Waals surface area contributed by atoms with Crippen molar-refractivity contribution >= 4 is 74.0 Å². The number of nitrogens with zero attached hydrogens (tertiary/aromatic N) is 7. The van der Waals surface area contributed by atoms with E-state index >= 15 is 0 Å². The van der Waals surface area contributed by atoms with Crippen LogP contribution in [0.1, 0.15) is 32.2 Å². The molecule has 0 fully saturated rings. The largest absolute Gasteiger partial charge is 0.442 e. The lowest BCUT2D eigenvalue weighted by molar-refractivity contribution is 0.0514. The van der Waals surface area contributed by atoms with Crippen LogP contribution >= 0.6 is 22.9 Å². The van der Waals surface area contributed by atoms with E-state index in [2.05, 4.69) is 71.0 Å². The third-order valence-electron chi connectivity index (χ3n) is 6.82. The van der Waals surface area contributed by atoms with Gasteiger partial charge in [0.25, 0.3) is 0 Å². The van der Waals surface area contributed by atoms with Crippen molar-refractivity contribution in [2.45, 2.75) is 33.3 Å². The van der Waals surface area contributed by atoms with Crippen LogP contribution in [0.5, 0.6) is 0 Å². The number of carbonyl (C=O) groups excluding carboxylic acids is 1. The van der Waals surface area contributed by atoms with E-state index in [1.165, 1.54) is 15.8 Å². The van der Waals surface area contributed by atoms with E-state index in [0.29, 0.717) is 5.82 Å². The zero-order valence-electron chi connectivity index (χ0n) is 26.7. The number of allylic oxidation sites excluding steroid dienone is 1. The number of halogens is 1. The molecule has 1 aliphatic heterocycles. The molecule has 0 amide bonds. The molecule has 6 aromatic rings. The fourth-order valence-electron chi connectivity index (χ4n) is 4.67. The Hall–Kier alpha value is -5.46. The van der Waals surface area contributed by atoms with Gasteiger partial charge < -0.3 is 15.4 Å². The highest BCUT2D eigenvalue weighted by molar-refractivity contribution is 7.17. The lowest BCUT2D eigenvalue weighted by Gasteiger charge is -2.18. The van der Waals surface area contributed by atoms with Gasteiger partial charge in [-0.15, -0.1) is 11.3 Å². The first-order chi connectivity index (χ1) is 23.1. The summed E-state index contributed by atoms with van der Waals surface area (Å²) in [7, 11) is 0. The molecule has 0 spiro atoms. The number of hydrogen-bond donors (Lipinski definition) is 2. The number of fused-ring (bicyclic) bond motifs is 1. The first kappa shape index (κ1) is 32.5. The maximum atomic E-state index is 12.0. The number of ether oxygens (including phenoxy) is 1. The third-order valence-corrected chi connectivity index (χ3v) is 7.92. The second-order valence-corrected chi connectivity index (χ2v) is 12.9. The summed E-state index contributed by atoms with van der Waals surface area (Å²) in [4.78, 5) is 33.1. The van der Waals surface area contributed by atoms with Crippen molar-refractivity contribution in [1.82, 2.24) is 29.7 Å². The van der Waals surface area contributed by atoms with Crippen LogP contribution in [0, 0.1) is 6.92 Å². The van der Waals surface area contributed by atoms with Crippen molar-refractivity contribution < 1.29 is 9.53 Å². The zero-order valence-corrected chi connectivity index (χ0v) is 28.3. The van der Waals surface area contributed by atoms with Gasteiger partial charge in [0.2, 0.25) is 5.28 Å². The Balaban J connectivity index is 0.000000169. The Morgan fingerprint density at radius 2 is 1.65 bits per heavy atom. The van der Waals surface area contributed by atoms with Gasteiger partial charge in [0.05, 0.1) is 23.0 Å². The van der Waals surface area contributed by atoms with Crippen molar-refractivity contribution in [2.75, 3.05) is 17.2 Å². The fraction of sp³-hybridized carbons (Fsp3) is 0.171. The summed E-state index contributed by atoms with van der Waals surface area (Å²) in [5.41, 5.74) is 6.40. The van der Waals surface area contributed by atoms with Gasteiger partial charge in [-0.3, -0.25) is 4.99 Å². The first-order valence-electron chi connectivity index (χ1n) is 15.0. The van der Waals surface area contributed by atoms with E-state index in [4.69, 9.17) is 16.3 Å². The lowest BCUT2D eigenvalue weighted by Crippen LogP contribution is -2.27. The number of aryl methyl sites for hydroxylation is 1. The molecule has 4 aromatic heterocycles. The maximum absolute atomic E-state index is 12.0. The van der Waals surface area contributed by atoms with E-state index in [1.807, 2.05) is 69.6 Å². The second-order valence-electron chi connectivity index (χ2n) is 11.7. The number of aliphatic imine (C=N–C) groups is 1. The van der Waals surface area contributed by atoms with Crippen molar-refractivity contribution in [2.24, 2.45) is 4.99 Å². The molecule has 2 aromatic carbocycles. The first-order valence-corrected chi connectivity index (χ1v) is 16.3. The van der Waals surface area contributed by atoms with E-state index < -0.39 is 11.7 Å². The van der Waals surface area contributed by atoms with Gasteiger partial charge >= 0.3 is 6.09 Å². The van der Waals surface area contributed by atoms with Gasteiger partial charge in [-0.1, -0.05) is 30.3 Å². The Morgan fingerprint density at radius 3 is 2.33 bits per heavy atom. The molecular weight excluding hydrogens is 646 g/mol. The summed E-state index contributed by atoms with van der Waals surface area (Å²) < 4.78 is 7.57. The molecule has 242 valence electrons. The molecule has 11 nitrogen and oxygen atoms in total. The summed E-state index contributed by atoms with van der Waals surface area (Å²) in [5, 5.41) is 12.8. The topological polar surface area (TPSA) is 132 Å². The SMILES string of the molecule is CC(C)(C)OC(=O)n1cc(-c2ccc(Nc3ccnc(Cl)n3)cc2)cn1.Cc1nc(Nc2ccc(C3=CCN=C3)cc2)c2sccc2n1. The van der Waals surface area contributed by atoms with Crippen LogP contribution < -0.4 is 10.6 Å². The summed E-state index contributed by atoms with van der Waals surface area (Å²) in [6.45, 7) is 8.13. The molecule has 0 saturated heterocycles. The van der Waals surface area contributed by atoms with Gasteiger partial charge in [-0.05, 0) is 97.8 Å². The van der Waals surface area contributed by atoms with E-state index in [1.54, 1.807) is 36.0 Å². The summed E-state index contributed by atoms with van der Waals surface area (Å²) >= 11 is 7.43. The van der Waals surface area contributed by atoms with Crippen molar-refractivity contribution in [1.29, 1.82) is 0 Å². The average Bonchev–Trinajstić information content (AvgIpc) is 3.84. The van der Waals surface area contributed by atoms with Crippen LogP contribution in [-0.2, 0) is 4.74 Å². The zero-order chi connectivity index (χ0) is 33.7. The van der Waals surface area contributed by atoms with Crippen LogP contribution in [0.3, 0.4) is 0 Å². The maximum Gasteiger partial charge on any atom is 0.435 e. The molecule has 0 aliphatic carbocycles. The molecule has 5 heterocycles. The summed E-state index contributed by atoms with van der Waals surface area (Å²) in [6, 6.07) is 19.7. The highest BCUT2D eigenvalue weighted by Gasteiger charge is 2.19. The number of hydrogen-bond acceptors (Lipinski definition) is 11. The van der Waals surface area contributed by atoms with Crippen LogP contribution in [0.25, 0.3) is 26.9 Å². The molecule has 0 atom stereocenters. The number of carbonyl (C=O) groups is 1. The third kappa shape index (κ3) is 8.27. The summed E-state index contributed by atoms with van der Waals surface area (Å²) in [6.07, 6.45) is 8.38. The molecular formula is C35H32ClN9O2S. The Morgan fingerprint density at radius 1 is 0.917 bits per heavy atom. The van der Waals surface area contributed by atoms with Crippen LogP contribution in [-0.4, -0.2) is 54.2 Å². The number of aromatic nitrogens is 6. The fourth-order valence-corrected chi connectivity index (χ4v) is 5.60. The van der Waals surface area contributed by atoms with E-state index in [0.717, 1.165) is 50.9 Å². The van der Waals surface area contributed by atoms with Crippen molar-refractivity contribution in [3.8, 4) is 11.1 Å². The number of thiophene rings is 1. The average molecular weight is 678 g/mol. The number of rotatable bonds is 6. The quantitative estimate of drug-likeness (QED) is 0.166. The second kappa shape index (κ2) is 14.1. The number of nitrogens with one attached hydrogen (secondary N) is 2. The van der Waals surface area contributed by atoms with Crippen LogP contribution in [0.2, 0.25) is 5.28 Å². The Kier molecular flexibility index (Phi) is 9.55. The predicted octanol–water partition coefficient (Wildman–Crippen LogP) is 8.73. The highest BCUT2D eigenvalue weighted by atomic mass is 35.5. The van der Waals surface area contributed by atoms with Crippen molar-refractivity contribution in [3.05, 3.63) is 107 Å². The molecule has 0 unspecified atom stereocenters. The van der Waals surface area contributed by atoms with E-state index in [9.17, 15) is 4.79 Å². The van der Waals surface area contributed by atoms with Gasteiger partial charge in [0.1, 0.15) is 17.2 Å². The monoisotopic (exact) mass is 677 g/mol. The number of anilines is 4. The Labute approximate surface area is 286 Å². The molecule has 48 heavy (non-hydrogen) atoms. The highest BCUT2D eigenvalue weighted by Crippen LogP contribution is 2.29. The van der Waals surface area contributed by atoms with Crippen LogP contribution in [0.4, 0.5) is 27.8 Å². The van der Waals surface area contributed by atoms with Gasteiger partial charge in [-0.2, -0.15) is 9.78 Å². The standard InChI is InChI=1S/C18H18ClN5O2.C17H14N4S/c1-18(2,3)26-17(25)24-11-13(10-21-24)12-4-6-14(7-5-12)22-15-8-9-20-16(19)23-15;1-11-19-15-7-9-22-16(15)17(20-11)21-14-4-2-12(3-5-14)13-6-8-18-10-13/h4-11H,1-3H3,(H,20,22,23);2-7,9-10H,8H2,1H3,(H,19,20,21). The molecule has 0 bridgehead atoms. The van der Waals surface area contributed by atoms with Crippen molar-refractivity contribution in [3.63, 3.8) is 0 Å². The minimum atomic E-state index is -0.569. The van der Waals surface area contributed by atoms with Crippen LogP contribution in [0.15, 0.2) is 95.7 Å². The summed E-state index contributed by atoms with van der Waals surface area (Å²) in [5.74, 6) is 2.25. The molecule has 0 radical (unpaired) electrons. The Bertz CT molecular complexity index is 2120. The van der Waals surface area contributed by atoms with Gasteiger partial charge in [0.15, 0.2) is 5.82 Å². The minimum Gasteiger partial charge on any atom is -0.442 e. The molecule has 7 rings (SSSR count). The van der Waals surface area contributed by atoms with Gasteiger partial charge in [-0.25, -0.2) is 24.7 Å². The smallest absolute Gasteiger partial charge is 0.435 e. The minimum absolute atomic E-state index is 0.182. The van der Waals surface area contributed by atoms with E-state index in [-0.39, 0.29) is 5.28 Å². The number of benzene rings is 2. The molecule has 13 heteroatoms. The molecule has 0 saturated carbocycles. The molecule has 2 N–H and O–H groups in total.